The van der Waals surface area contributed by atoms with Crippen LogP contribution >= 0.6 is 15.6 Å². The van der Waals surface area contributed by atoms with Crippen LogP contribution in [0.1, 0.15) is 440 Å². The Hall–Kier alpha value is -1.94. The summed E-state index contributed by atoms with van der Waals surface area (Å²) in [5, 5.41) is 10.6. The second-order valence-corrected chi connectivity index (χ2v) is 34.6. The van der Waals surface area contributed by atoms with E-state index in [-0.39, 0.29) is 25.7 Å². The molecule has 0 heterocycles. The molecule has 0 spiro atoms. The van der Waals surface area contributed by atoms with Gasteiger partial charge in [0.05, 0.1) is 26.4 Å². The highest BCUT2D eigenvalue weighted by molar-refractivity contribution is 7.47. The fourth-order valence-corrected chi connectivity index (χ4v) is 14.6. The number of phosphoric ester groups is 2. The number of carbonyl (C=O) groups excluding carboxylic acids is 4. The van der Waals surface area contributed by atoms with Crippen LogP contribution in [0.2, 0.25) is 0 Å². The van der Waals surface area contributed by atoms with Gasteiger partial charge >= 0.3 is 39.5 Å². The quantitative estimate of drug-likeness (QED) is 0.0222. The van der Waals surface area contributed by atoms with Crippen LogP contribution in [0.4, 0.5) is 0 Å². The van der Waals surface area contributed by atoms with Crippen molar-refractivity contribution in [3.8, 4) is 0 Å². The van der Waals surface area contributed by atoms with E-state index in [1.165, 1.54) is 244 Å². The Morgan fingerprint density at radius 2 is 0.447 bits per heavy atom. The van der Waals surface area contributed by atoms with Crippen LogP contribution < -0.4 is 0 Å². The standard InChI is InChI=1S/C84H164O17P2/c1-8-9-10-11-12-13-14-15-16-17-18-19-20-21-26-29-32-35-38-45-53-60-67-83(88)100-79(71-94-81(86)65-58-51-44-37-34-31-28-25-23-22-24-27-30-33-36-41-48-55-62-75(2)3)73-98-102(90,91)96-69-78(85)70-97-103(92,93)99-74-80(101-84(89)68-61-54-47-40-43-50-57-64-77(6)7)72-95-82(87)66-59-52-46-39-42-49-56-63-76(4)5/h75-80,85H,8-74H2,1-7H3,(H,90,91)(H,92,93)/t78-,79-,80-/m1/s1. The monoisotopic (exact) mass is 1510 g/mol. The van der Waals surface area contributed by atoms with E-state index >= 15 is 0 Å². The largest absolute Gasteiger partial charge is 0.472 e. The van der Waals surface area contributed by atoms with Gasteiger partial charge in [0, 0.05) is 25.7 Å². The molecule has 0 aliphatic heterocycles. The average molecular weight is 1510 g/mol. The number of ether oxygens (including phenoxy) is 4. The number of hydrogen-bond acceptors (Lipinski definition) is 15. The van der Waals surface area contributed by atoms with Crippen LogP contribution in [0.5, 0.6) is 0 Å². The minimum absolute atomic E-state index is 0.103. The predicted octanol–water partition coefficient (Wildman–Crippen LogP) is 25.3. The van der Waals surface area contributed by atoms with Crippen molar-refractivity contribution < 1.29 is 80.2 Å². The van der Waals surface area contributed by atoms with Gasteiger partial charge in [-0.1, -0.05) is 389 Å². The molecule has 2 unspecified atom stereocenters. The maximum Gasteiger partial charge on any atom is 0.472 e. The Balaban J connectivity index is 5.17. The van der Waals surface area contributed by atoms with E-state index < -0.39 is 97.5 Å². The highest BCUT2D eigenvalue weighted by Crippen LogP contribution is 2.45. The molecule has 0 aliphatic carbocycles. The van der Waals surface area contributed by atoms with Gasteiger partial charge in [0.1, 0.15) is 19.3 Å². The number of aliphatic hydroxyl groups excluding tert-OH is 1. The minimum atomic E-state index is -4.96. The normalized spacial score (nSPS) is 13.9. The number of rotatable bonds is 82. The van der Waals surface area contributed by atoms with Crippen molar-refractivity contribution in [2.45, 2.75) is 458 Å². The molecule has 0 rings (SSSR count). The lowest BCUT2D eigenvalue weighted by molar-refractivity contribution is -0.161. The number of carbonyl (C=O) groups is 4. The molecule has 17 nitrogen and oxygen atoms in total. The molecule has 0 aromatic carbocycles. The molecule has 0 saturated carbocycles. The third-order valence-electron chi connectivity index (χ3n) is 19.6. The number of phosphoric acid groups is 2. The lowest BCUT2D eigenvalue weighted by Gasteiger charge is -2.21. The summed E-state index contributed by atoms with van der Waals surface area (Å²) in [6.07, 6.45) is 64.4. The second-order valence-electron chi connectivity index (χ2n) is 31.6. The van der Waals surface area contributed by atoms with Crippen LogP contribution in [0.25, 0.3) is 0 Å². The first-order chi connectivity index (χ1) is 49.7. The van der Waals surface area contributed by atoms with E-state index in [4.69, 9.17) is 37.0 Å². The first-order valence-corrected chi connectivity index (χ1v) is 46.3. The zero-order valence-corrected chi connectivity index (χ0v) is 69.6. The van der Waals surface area contributed by atoms with E-state index in [0.29, 0.717) is 37.5 Å². The SMILES string of the molecule is CCCCCCCCCCCCCCCCCCCCCCCCC(=O)O[C@H](COC(=O)CCCCCCCCCCCCCCCCCCCCC(C)C)COP(=O)(O)OC[C@@H](O)COP(=O)(O)OC[C@@H](COC(=O)CCCCCCCCCC(C)C)OC(=O)CCCCCCCCCC(C)C. The highest BCUT2D eigenvalue weighted by atomic mass is 31.2. The van der Waals surface area contributed by atoms with E-state index in [9.17, 15) is 43.2 Å². The van der Waals surface area contributed by atoms with Gasteiger partial charge in [-0.05, 0) is 43.4 Å². The Kier molecular flexibility index (Phi) is 72.8. The number of aliphatic hydroxyl groups is 1. The molecule has 0 aliphatic rings. The van der Waals surface area contributed by atoms with Crippen LogP contribution in [0.15, 0.2) is 0 Å². The van der Waals surface area contributed by atoms with Crippen LogP contribution in [-0.4, -0.2) is 96.7 Å². The number of hydrogen-bond donors (Lipinski definition) is 3. The summed E-state index contributed by atoms with van der Waals surface area (Å²) in [4.78, 5) is 73.0. The average Bonchev–Trinajstić information content (AvgIpc) is 0.923. The fraction of sp³-hybridized carbons (Fsp3) is 0.952. The Bertz CT molecular complexity index is 1990. The molecule has 0 radical (unpaired) electrons. The van der Waals surface area contributed by atoms with Crippen molar-refractivity contribution in [3.05, 3.63) is 0 Å². The summed E-state index contributed by atoms with van der Waals surface area (Å²) in [6, 6.07) is 0. The third-order valence-corrected chi connectivity index (χ3v) is 21.5. The lowest BCUT2D eigenvalue weighted by atomic mass is 10.0. The van der Waals surface area contributed by atoms with Crippen molar-refractivity contribution in [2.24, 2.45) is 17.8 Å². The zero-order valence-electron chi connectivity index (χ0n) is 67.8. The molecule has 612 valence electrons. The van der Waals surface area contributed by atoms with Crippen molar-refractivity contribution in [1.29, 1.82) is 0 Å². The summed E-state index contributed by atoms with van der Waals surface area (Å²) >= 11 is 0. The predicted molar refractivity (Wildman–Crippen MR) is 423 cm³/mol. The molecule has 0 aromatic heterocycles. The van der Waals surface area contributed by atoms with Crippen molar-refractivity contribution in [1.82, 2.24) is 0 Å². The topological polar surface area (TPSA) is 237 Å². The Labute approximate surface area is 632 Å². The first kappa shape index (κ1) is 101. The molecular formula is C84H164O17P2. The molecule has 5 atom stereocenters. The zero-order chi connectivity index (χ0) is 75.8. The summed E-state index contributed by atoms with van der Waals surface area (Å²) < 4.78 is 68.7. The van der Waals surface area contributed by atoms with Crippen LogP contribution in [0.3, 0.4) is 0 Å². The smallest absolute Gasteiger partial charge is 0.462 e. The van der Waals surface area contributed by atoms with Crippen molar-refractivity contribution in [3.63, 3.8) is 0 Å². The second kappa shape index (κ2) is 74.2. The van der Waals surface area contributed by atoms with Gasteiger partial charge in [-0.3, -0.25) is 37.3 Å². The summed E-state index contributed by atoms with van der Waals surface area (Å²) in [5.74, 6) is 0.110. The van der Waals surface area contributed by atoms with Gasteiger partial charge in [0.25, 0.3) is 0 Å². The van der Waals surface area contributed by atoms with Crippen molar-refractivity contribution in [2.75, 3.05) is 39.6 Å². The van der Waals surface area contributed by atoms with Gasteiger partial charge in [-0.25, -0.2) is 9.13 Å². The number of esters is 4. The first-order valence-electron chi connectivity index (χ1n) is 43.3. The van der Waals surface area contributed by atoms with Gasteiger partial charge in [-0.2, -0.15) is 0 Å². The fourth-order valence-electron chi connectivity index (χ4n) is 13.0. The molecule has 0 aromatic rings. The molecular weight excluding hydrogens is 1340 g/mol. The maximum absolute atomic E-state index is 13.1. The molecule has 0 bridgehead atoms. The van der Waals surface area contributed by atoms with E-state index in [1.807, 2.05) is 0 Å². The van der Waals surface area contributed by atoms with Gasteiger partial charge in [0.15, 0.2) is 12.2 Å². The molecule has 103 heavy (non-hydrogen) atoms. The van der Waals surface area contributed by atoms with Gasteiger partial charge in [-0.15, -0.1) is 0 Å². The summed E-state index contributed by atoms with van der Waals surface area (Å²) in [6.45, 7) is 11.9. The van der Waals surface area contributed by atoms with Crippen LogP contribution in [0, 0.1) is 17.8 Å². The van der Waals surface area contributed by atoms with E-state index in [1.54, 1.807) is 0 Å². The minimum Gasteiger partial charge on any atom is -0.462 e. The molecule has 19 heteroatoms. The molecule has 0 amide bonds. The Morgan fingerprint density at radius 1 is 0.262 bits per heavy atom. The maximum atomic E-state index is 13.1. The Morgan fingerprint density at radius 3 is 0.660 bits per heavy atom. The van der Waals surface area contributed by atoms with Gasteiger partial charge in [0.2, 0.25) is 0 Å². The third kappa shape index (κ3) is 78.0. The van der Waals surface area contributed by atoms with Crippen LogP contribution in [-0.2, 0) is 65.4 Å². The summed E-state index contributed by atoms with van der Waals surface area (Å²) in [7, 11) is -9.92. The van der Waals surface area contributed by atoms with Gasteiger partial charge < -0.3 is 33.8 Å². The van der Waals surface area contributed by atoms with E-state index in [0.717, 1.165) is 102 Å². The highest BCUT2D eigenvalue weighted by Gasteiger charge is 2.30. The van der Waals surface area contributed by atoms with Crippen molar-refractivity contribution >= 4 is 39.5 Å². The lowest BCUT2D eigenvalue weighted by Crippen LogP contribution is -2.30. The molecule has 3 N–H and O–H groups in total. The molecule has 0 saturated heterocycles. The molecule has 0 fully saturated rings. The summed E-state index contributed by atoms with van der Waals surface area (Å²) in [5.41, 5.74) is 0. The number of unbranched alkanes of at least 4 members (excludes halogenated alkanes) is 50. The van der Waals surface area contributed by atoms with E-state index in [2.05, 4.69) is 48.5 Å².